The van der Waals surface area contributed by atoms with Crippen molar-refractivity contribution in [2.24, 2.45) is 10.2 Å². The van der Waals surface area contributed by atoms with Gasteiger partial charge in [-0.25, -0.2) is 44.7 Å². The van der Waals surface area contributed by atoms with Gasteiger partial charge in [-0.05, 0) is 23.9 Å². The van der Waals surface area contributed by atoms with Crippen LogP contribution in [0.1, 0.15) is 40.0 Å². The van der Waals surface area contributed by atoms with Gasteiger partial charge in [-0.2, -0.15) is 0 Å². The van der Waals surface area contributed by atoms with Gasteiger partial charge in [0.05, 0.1) is 0 Å². The molecular weight excluding hydrogens is 528 g/mol. The predicted octanol–water partition coefficient (Wildman–Crippen LogP) is 6.62. The average molecular weight is 536 g/mol. The Morgan fingerprint density at radius 2 is 0.919 bits per heavy atom. The number of carbonyl (C=O) groups excluding carboxylic acids is 2. The van der Waals surface area contributed by atoms with E-state index in [-0.39, 0.29) is 12.8 Å². The maximum Gasteiger partial charge on any atom is 0.344 e. The summed E-state index contributed by atoms with van der Waals surface area (Å²) >= 11 is 0. The van der Waals surface area contributed by atoms with Crippen LogP contribution in [0.3, 0.4) is 0 Å². The first-order valence-corrected chi connectivity index (χ1v) is 9.68. The molecule has 0 aromatic heterocycles. The Kier molecular flexibility index (Phi) is 7.74. The number of halogens is 8. The highest BCUT2D eigenvalue weighted by molar-refractivity contribution is 5.91. The van der Waals surface area contributed by atoms with Crippen LogP contribution in [0.5, 0.6) is 0 Å². The number of azide groups is 2. The smallest absolute Gasteiger partial charge is 0.344 e. The van der Waals surface area contributed by atoms with E-state index in [2.05, 4.69) is 10.2 Å². The lowest BCUT2D eigenvalue weighted by atomic mass is 10.1. The Balaban J connectivity index is 1.76. The first-order chi connectivity index (χ1) is 17.4. The first-order valence-electron chi connectivity index (χ1n) is 9.68. The molecule has 2 atom stereocenters. The van der Waals surface area contributed by atoms with Crippen LogP contribution in [-0.2, 0) is 9.47 Å². The molecule has 1 aliphatic carbocycles. The fourth-order valence-electron chi connectivity index (χ4n) is 3.40. The van der Waals surface area contributed by atoms with Crippen molar-refractivity contribution in [3.8, 4) is 0 Å². The molecule has 18 heteroatoms. The summed E-state index contributed by atoms with van der Waals surface area (Å²) < 4.78 is 121. The van der Waals surface area contributed by atoms with E-state index in [1.54, 1.807) is 0 Å². The number of carbonyl (C=O) groups is 2. The van der Waals surface area contributed by atoms with E-state index in [0.29, 0.717) is 0 Å². The molecule has 1 fully saturated rings. The van der Waals surface area contributed by atoms with E-state index in [4.69, 9.17) is 20.5 Å². The van der Waals surface area contributed by atoms with Crippen molar-refractivity contribution in [1.29, 1.82) is 0 Å². The van der Waals surface area contributed by atoms with E-state index in [0.717, 1.165) is 0 Å². The monoisotopic (exact) mass is 536 g/mol. The predicted molar refractivity (Wildman–Crippen MR) is 102 cm³/mol. The SMILES string of the molecule is [N-]=[N+]=Nc1c(F)c(F)c(C(=O)OC2CCC(OC(=O)c3c(F)c(F)c(N=[N+]=[N-])c(F)c3F)C2)c(F)c1F. The summed E-state index contributed by atoms with van der Waals surface area (Å²) in [4.78, 5) is 28.3. The summed E-state index contributed by atoms with van der Waals surface area (Å²) in [7, 11) is 0. The molecule has 10 nitrogen and oxygen atoms in total. The average Bonchev–Trinajstić information content (AvgIpc) is 3.28. The second kappa shape index (κ2) is 10.6. The molecule has 194 valence electrons. The molecule has 2 aromatic carbocycles. The van der Waals surface area contributed by atoms with Crippen molar-refractivity contribution in [3.05, 3.63) is 78.6 Å². The zero-order valence-electron chi connectivity index (χ0n) is 17.6. The number of esters is 2. The van der Waals surface area contributed by atoms with E-state index in [1.165, 1.54) is 0 Å². The van der Waals surface area contributed by atoms with Gasteiger partial charge in [0.2, 0.25) is 0 Å². The summed E-state index contributed by atoms with van der Waals surface area (Å²) in [6.07, 6.45) is -3.39. The Hall–Kier alpha value is -4.56. The van der Waals surface area contributed by atoms with Gasteiger partial charge >= 0.3 is 11.9 Å². The second-order valence-corrected chi connectivity index (χ2v) is 7.21. The summed E-state index contributed by atoms with van der Waals surface area (Å²) in [5, 5.41) is 4.92. The van der Waals surface area contributed by atoms with Crippen LogP contribution in [-0.4, -0.2) is 24.1 Å². The van der Waals surface area contributed by atoms with Gasteiger partial charge in [-0.1, -0.05) is 10.2 Å². The van der Waals surface area contributed by atoms with Gasteiger partial charge in [0.15, 0.2) is 46.5 Å². The van der Waals surface area contributed by atoms with Crippen molar-refractivity contribution in [1.82, 2.24) is 0 Å². The molecule has 0 aliphatic heterocycles. The minimum Gasteiger partial charge on any atom is -0.458 e. The van der Waals surface area contributed by atoms with Crippen LogP contribution in [0, 0.1) is 46.5 Å². The highest BCUT2D eigenvalue weighted by atomic mass is 19.2. The van der Waals surface area contributed by atoms with E-state index < -0.39 is 99.6 Å². The third-order valence-electron chi connectivity index (χ3n) is 5.06. The molecule has 0 spiro atoms. The fourth-order valence-corrected chi connectivity index (χ4v) is 3.40. The minimum atomic E-state index is -2.22. The summed E-state index contributed by atoms with van der Waals surface area (Å²) in [5.41, 5.74) is 9.54. The molecule has 0 amide bonds. The number of ether oxygens (including phenoxy) is 2. The molecule has 0 saturated heterocycles. The molecule has 0 radical (unpaired) electrons. The van der Waals surface area contributed by atoms with Gasteiger partial charge in [-0.15, -0.1) is 0 Å². The maximum atomic E-state index is 14.1. The number of benzene rings is 2. The normalized spacial score (nSPS) is 16.5. The minimum absolute atomic E-state index is 0.182. The third kappa shape index (κ3) is 4.92. The molecular formula is C19H8F8N6O4. The van der Waals surface area contributed by atoms with Crippen LogP contribution in [0.25, 0.3) is 20.9 Å². The highest BCUT2D eigenvalue weighted by Crippen LogP contribution is 2.34. The molecule has 2 aromatic rings. The van der Waals surface area contributed by atoms with Gasteiger partial charge < -0.3 is 9.47 Å². The summed E-state index contributed by atoms with van der Waals surface area (Å²) in [6, 6.07) is 0. The van der Waals surface area contributed by atoms with E-state index in [1.807, 2.05) is 9.82 Å². The number of nitrogens with zero attached hydrogens (tertiary/aromatic N) is 6. The quantitative estimate of drug-likeness (QED) is 0.102. The van der Waals surface area contributed by atoms with Gasteiger partial charge in [0.1, 0.15) is 34.7 Å². The largest absolute Gasteiger partial charge is 0.458 e. The van der Waals surface area contributed by atoms with Crippen LogP contribution < -0.4 is 0 Å². The van der Waals surface area contributed by atoms with Crippen molar-refractivity contribution in [2.45, 2.75) is 31.5 Å². The first kappa shape index (κ1) is 27.0. The van der Waals surface area contributed by atoms with Crippen LogP contribution in [0.15, 0.2) is 10.2 Å². The molecule has 0 N–H and O–H groups in total. The fraction of sp³-hybridized carbons (Fsp3) is 0.263. The summed E-state index contributed by atoms with van der Waals surface area (Å²) in [5.74, 6) is -21.3. The standard InChI is InChI=1S/C19H8F8N6O4/c20-8-6(9(21)13(25)16(12(8)24)30-32-28)18(34)36-4-1-2-5(3-4)37-19(35)7-10(22)14(26)17(31-33-29)15(27)11(7)23/h4-5H,1-3H2. The molecule has 2 unspecified atom stereocenters. The van der Waals surface area contributed by atoms with Crippen molar-refractivity contribution >= 4 is 23.3 Å². The maximum absolute atomic E-state index is 14.1. The van der Waals surface area contributed by atoms with Crippen molar-refractivity contribution in [3.63, 3.8) is 0 Å². The lowest BCUT2D eigenvalue weighted by Crippen LogP contribution is -2.22. The molecule has 0 bridgehead atoms. The van der Waals surface area contributed by atoms with E-state index in [9.17, 15) is 44.7 Å². The lowest BCUT2D eigenvalue weighted by Gasteiger charge is -2.16. The highest BCUT2D eigenvalue weighted by Gasteiger charge is 2.36. The Morgan fingerprint density at radius 3 is 1.19 bits per heavy atom. The van der Waals surface area contributed by atoms with Gasteiger partial charge in [0, 0.05) is 16.2 Å². The van der Waals surface area contributed by atoms with Crippen molar-refractivity contribution < 1.29 is 54.2 Å². The summed E-state index contributed by atoms with van der Waals surface area (Å²) in [6.45, 7) is 0. The Morgan fingerprint density at radius 1 is 0.622 bits per heavy atom. The number of hydrogen-bond acceptors (Lipinski definition) is 6. The molecule has 37 heavy (non-hydrogen) atoms. The van der Waals surface area contributed by atoms with Gasteiger partial charge in [-0.3, -0.25) is 0 Å². The molecule has 1 saturated carbocycles. The van der Waals surface area contributed by atoms with Crippen molar-refractivity contribution in [2.75, 3.05) is 0 Å². The molecule has 0 heterocycles. The number of rotatable bonds is 6. The third-order valence-corrected chi connectivity index (χ3v) is 5.06. The molecule has 1 aliphatic rings. The second-order valence-electron chi connectivity index (χ2n) is 7.21. The van der Waals surface area contributed by atoms with Crippen LogP contribution in [0.4, 0.5) is 46.5 Å². The zero-order chi connectivity index (χ0) is 27.6. The Labute approximate surface area is 198 Å². The number of hydrogen-bond donors (Lipinski definition) is 0. The van der Waals surface area contributed by atoms with E-state index >= 15 is 0 Å². The zero-order valence-corrected chi connectivity index (χ0v) is 17.6. The topological polar surface area (TPSA) is 150 Å². The lowest BCUT2D eigenvalue weighted by molar-refractivity contribution is 0.0179. The van der Waals surface area contributed by atoms with Crippen LogP contribution >= 0.6 is 0 Å². The van der Waals surface area contributed by atoms with Crippen LogP contribution in [0.2, 0.25) is 0 Å². The Bertz CT molecular complexity index is 1260. The van der Waals surface area contributed by atoms with Gasteiger partial charge in [0.25, 0.3) is 0 Å². The molecule has 3 rings (SSSR count).